The zero-order valence-corrected chi connectivity index (χ0v) is 7.96. The van der Waals surface area contributed by atoms with Crippen molar-refractivity contribution < 1.29 is 0 Å². The van der Waals surface area contributed by atoms with Crippen LogP contribution in [0.3, 0.4) is 0 Å². The Morgan fingerprint density at radius 2 is 1.82 bits per heavy atom. The Bertz CT molecular complexity index is 170. The largest absolute Gasteiger partial charge is 0.0911 e. The fraction of sp³-hybridized carbons (Fsp3) is 0.455. The summed E-state index contributed by atoms with van der Waals surface area (Å²) in [6.45, 7) is 8.45. The van der Waals surface area contributed by atoms with E-state index in [0.29, 0.717) is 5.92 Å². The van der Waals surface area contributed by atoms with Gasteiger partial charge >= 0.3 is 0 Å². The maximum absolute atomic E-state index is 2.20. The predicted molar refractivity (Wildman–Crippen MR) is 52.5 cm³/mol. The van der Waals surface area contributed by atoms with Crippen LogP contribution in [0.1, 0.15) is 27.7 Å². The lowest BCUT2D eigenvalue weighted by atomic mass is 10.0. The van der Waals surface area contributed by atoms with Crippen molar-refractivity contribution in [3.8, 4) is 0 Å². The average molecular weight is 150 g/mol. The zero-order valence-electron chi connectivity index (χ0n) is 7.96. The van der Waals surface area contributed by atoms with Gasteiger partial charge in [-0.2, -0.15) is 0 Å². The molecule has 0 fully saturated rings. The zero-order chi connectivity index (χ0) is 8.69. The molecule has 1 atom stereocenters. The summed E-state index contributed by atoms with van der Waals surface area (Å²) in [6.07, 6.45) is 10.6. The smallest absolute Gasteiger partial charge is 0.00514 e. The van der Waals surface area contributed by atoms with E-state index in [2.05, 4.69) is 45.1 Å². The number of rotatable bonds is 3. The molecule has 0 aliphatic rings. The van der Waals surface area contributed by atoms with Crippen molar-refractivity contribution >= 4 is 0 Å². The molecule has 1 unspecified atom stereocenters. The second kappa shape index (κ2) is 5.96. The summed E-state index contributed by atoms with van der Waals surface area (Å²) >= 11 is 0. The van der Waals surface area contributed by atoms with Crippen LogP contribution < -0.4 is 0 Å². The summed E-state index contributed by atoms with van der Waals surface area (Å²) in [7, 11) is 0. The molecule has 0 rings (SSSR count). The van der Waals surface area contributed by atoms with Crippen LogP contribution in [0.25, 0.3) is 0 Å². The molecular weight excluding hydrogens is 132 g/mol. The van der Waals surface area contributed by atoms with Crippen LogP contribution in [-0.2, 0) is 0 Å². The lowest BCUT2D eigenvalue weighted by Crippen LogP contribution is -1.89. The van der Waals surface area contributed by atoms with E-state index < -0.39 is 0 Å². The quantitative estimate of drug-likeness (QED) is 0.425. The van der Waals surface area contributed by atoms with Gasteiger partial charge in [-0.25, -0.2) is 0 Å². The maximum atomic E-state index is 2.20. The molecule has 0 heterocycles. The lowest BCUT2D eigenvalue weighted by molar-refractivity contribution is 0.861. The van der Waals surface area contributed by atoms with Crippen LogP contribution in [0.15, 0.2) is 36.0 Å². The molecule has 0 saturated carbocycles. The molecule has 0 saturated heterocycles. The Morgan fingerprint density at radius 3 is 2.27 bits per heavy atom. The van der Waals surface area contributed by atoms with E-state index in [1.807, 2.05) is 13.0 Å². The van der Waals surface area contributed by atoms with Gasteiger partial charge in [0.1, 0.15) is 0 Å². The Hall–Kier alpha value is -0.780. The fourth-order valence-electron chi connectivity index (χ4n) is 0.840. The van der Waals surface area contributed by atoms with Gasteiger partial charge in [0.05, 0.1) is 0 Å². The van der Waals surface area contributed by atoms with Gasteiger partial charge in [-0.15, -0.1) is 0 Å². The molecule has 0 amide bonds. The van der Waals surface area contributed by atoms with Crippen LogP contribution in [0.4, 0.5) is 0 Å². The summed E-state index contributed by atoms with van der Waals surface area (Å²) < 4.78 is 0. The number of hydrogen-bond donors (Lipinski definition) is 0. The number of hydrogen-bond acceptors (Lipinski definition) is 0. The molecule has 62 valence electrons. The second-order valence-electron chi connectivity index (χ2n) is 2.75. The van der Waals surface area contributed by atoms with Crippen molar-refractivity contribution in [1.29, 1.82) is 0 Å². The minimum absolute atomic E-state index is 0.566. The van der Waals surface area contributed by atoms with Crippen LogP contribution in [0.2, 0.25) is 0 Å². The average Bonchev–Trinajstić information content (AvgIpc) is 2.00. The molecule has 0 aromatic carbocycles. The van der Waals surface area contributed by atoms with Gasteiger partial charge < -0.3 is 0 Å². The van der Waals surface area contributed by atoms with Gasteiger partial charge in [0, 0.05) is 0 Å². The highest BCUT2D eigenvalue weighted by atomic mass is 14.0. The van der Waals surface area contributed by atoms with Crippen LogP contribution in [0.5, 0.6) is 0 Å². The van der Waals surface area contributed by atoms with Crippen LogP contribution >= 0.6 is 0 Å². The van der Waals surface area contributed by atoms with E-state index >= 15 is 0 Å². The van der Waals surface area contributed by atoms with E-state index in [4.69, 9.17) is 0 Å². The Kier molecular flexibility index (Phi) is 5.54. The lowest BCUT2D eigenvalue weighted by Gasteiger charge is -2.04. The van der Waals surface area contributed by atoms with Crippen molar-refractivity contribution in [1.82, 2.24) is 0 Å². The van der Waals surface area contributed by atoms with Gasteiger partial charge in [-0.05, 0) is 26.7 Å². The molecular formula is C11H18. The Morgan fingerprint density at radius 1 is 1.18 bits per heavy atom. The third kappa shape index (κ3) is 4.60. The van der Waals surface area contributed by atoms with Gasteiger partial charge in [0.15, 0.2) is 0 Å². The van der Waals surface area contributed by atoms with Crippen molar-refractivity contribution in [2.75, 3.05) is 0 Å². The van der Waals surface area contributed by atoms with Crippen LogP contribution in [-0.4, -0.2) is 0 Å². The molecule has 0 heteroatoms. The molecule has 0 aromatic heterocycles. The van der Waals surface area contributed by atoms with E-state index in [1.54, 1.807) is 0 Å². The molecule has 0 aromatic rings. The first-order valence-corrected chi connectivity index (χ1v) is 4.14. The monoisotopic (exact) mass is 150 g/mol. The SMILES string of the molecule is CC=CC=C(C)C(C)C=CC. The van der Waals surface area contributed by atoms with Crippen molar-refractivity contribution in [2.45, 2.75) is 27.7 Å². The first-order valence-electron chi connectivity index (χ1n) is 4.14. The summed E-state index contributed by atoms with van der Waals surface area (Å²) in [5.74, 6) is 0.566. The van der Waals surface area contributed by atoms with Crippen molar-refractivity contribution in [3.05, 3.63) is 36.0 Å². The highest BCUT2D eigenvalue weighted by Gasteiger charge is 1.95. The Balaban J connectivity index is 4.10. The van der Waals surface area contributed by atoms with E-state index in [-0.39, 0.29) is 0 Å². The van der Waals surface area contributed by atoms with Crippen LogP contribution in [0, 0.1) is 5.92 Å². The predicted octanol–water partition coefficient (Wildman–Crippen LogP) is 3.72. The topological polar surface area (TPSA) is 0 Å². The van der Waals surface area contributed by atoms with Gasteiger partial charge in [-0.1, -0.05) is 42.9 Å². The molecule has 11 heavy (non-hydrogen) atoms. The molecule has 0 N–H and O–H groups in total. The fourth-order valence-corrected chi connectivity index (χ4v) is 0.840. The summed E-state index contributed by atoms with van der Waals surface area (Å²) in [4.78, 5) is 0. The normalized spacial score (nSPS) is 16.5. The Labute approximate surface area is 70.3 Å². The molecule has 0 aliphatic carbocycles. The summed E-state index contributed by atoms with van der Waals surface area (Å²) in [5.41, 5.74) is 1.40. The number of allylic oxidation sites excluding steroid dienone is 6. The van der Waals surface area contributed by atoms with Gasteiger partial charge in [0.25, 0.3) is 0 Å². The minimum Gasteiger partial charge on any atom is -0.0911 e. The third-order valence-electron chi connectivity index (χ3n) is 1.75. The van der Waals surface area contributed by atoms with Crippen molar-refractivity contribution in [3.63, 3.8) is 0 Å². The molecule has 0 bridgehead atoms. The first-order chi connectivity index (χ1) is 5.22. The van der Waals surface area contributed by atoms with E-state index in [0.717, 1.165) is 0 Å². The maximum Gasteiger partial charge on any atom is -0.00514 e. The molecule has 0 aliphatic heterocycles. The highest BCUT2D eigenvalue weighted by molar-refractivity contribution is 5.15. The van der Waals surface area contributed by atoms with E-state index in [9.17, 15) is 0 Å². The molecule has 0 nitrogen and oxygen atoms in total. The molecule has 0 radical (unpaired) electrons. The molecule has 0 spiro atoms. The van der Waals surface area contributed by atoms with Crippen molar-refractivity contribution in [2.24, 2.45) is 5.92 Å². The second-order valence-corrected chi connectivity index (χ2v) is 2.75. The summed E-state index contributed by atoms with van der Waals surface area (Å²) in [5, 5.41) is 0. The standard InChI is InChI=1S/C11H18/c1-5-7-9-11(4)10(3)8-6-2/h5-10H,1-4H3. The van der Waals surface area contributed by atoms with Gasteiger partial charge in [-0.3, -0.25) is 0 Å². The van der Waals surface area contributed by atoms with E-state index in [1.165, 1.54) is 5.57 Å². The highest BCUT2D eigenvalue weighted by Crippen LogP contribution is 2.10. The van der Waals surface area contributed by atoms with Gasteiger partial charge in [0.2, 0.25) is 0 Å². The third-order valence-corrected chi connectivity index (χ3v) is 1.75. The summed E-state index contributed by atoms with van der Waals surface area (Å²) in [6, 6.07) is 0. The minimum atomic E-state index is 0.566. The first kappa shape index (κ1) is 10.2.